The van der Waals surface area contributed by atoms with Gasteiger partial charge in [-0.25, -0.2) is 9.97 Å². The molecule has 0 spiro atoms. The minimum atomic E-state index is 0.901. The van der Waals surface area contributed by atoms with Crippen molar-refractivity contribution in [3.05, 3.63) is 120 Å². The van der Waals surface area contributed by atoms with Crippen LogP contribution in [0.25, 0.3) is 46.4 Å². The minimum absolute atomic E-state index is 0.901. The molecular weight excluding hydrogens is 392 g/mol. The van der Waals surface area contributed by atoms with Gasteiger partial charge in [0.25, 0.3) is 0 Å². The van der Waals surface area contributed by atoms with Crippen LogP contribution in [0.15, 0.2) is 97.1 Å². The minimum Gasteiger partial charge on any atom is -0.355 e. The van der Waals surface area contributed by atoms with Gasteiger partial charge in [-0.15, -0.1) is 0 Å². The molecule has 4 heteroatoms. The predicted molar refractivity (Wildman–Crippen MR) is 134 cm³/mol. The van der Waals surface area contributed by atoms with E-state index in [2.05, 4.69) is 50.3 Å². The Morgan fingerprint density at radius 1 is 0.375 bits per heavy atom. The Labute approximate surface area is 186 Å². The first-order chi connectivity index (χ1) is 15.8. The lowest BCUT2D eigenvalue weighted by Gasteiger charge is -1.83. The maximum atomic E-state index is 4.62. The van der Waals surface area contributed by atoms with E-state index in [1.807, 2.05) is 91.0 Å². The quantitative estimate of drug-likeness (QED) is 0.289. The number of rotatable bonds is 0. The van der Waals surface area contributed by atoms with Crippen LogP contribution in [0.4, 0.5) is 0 Å². The average molecular weight is 415 g/mol. The van der Waals surface area contributed by atoms with Crippen LogP contribution in [0.5, 0.6) is 0 Å². The molecule has 0 radical (unpaired) electrons. The summed E-state index contributed by atoms with van der Waals surface area (Å²) in [5.41, 5.74) is 7.84. The van der Waals surface area contributed by atoms with E-state index >= 15 is 0 Å². The van der Waals surface area contributed by atoms with Crippen LogP contribution in [0, 0.1) is 0 Å². The molecule has 0 atom stereocenters. The molecule has 3 aromatic rings. The van der Waals surface area contributed by atoms with Crippen molar-refractivity contribution < 1.29 is 0 Å². The second-order valence-electron chi connectivity index (χ2n) is 7.44. The average Bonchev–Trinajstić information content (AvgIpc) is 3.57. The monoisotopic (exact) mass is 414 g/mol. The van der Waals surface area contributed by atoms with Crippen LogP contribution in [0.2, 0.25) is 0 Å². The SMILES string of the molecule is C1=Cc2cc3nc(cccccc4ccc(cc5ccc(cccccc1n2)[nH]5)[nH]4)C=C3. The van der Waals surface area contributed by atoms with Crippen molar-refractivity contribution in [1.82, 2.24) is 19.9 Å². The molecular formula is C28H22N4. The molecule has 2 aliphatic rings. The topological polar surface area (TPSA) is 57.4 Å². The molecule has 0 amide bonds. The van der Waals surface area contributed by atoms with Crippen LogP contribution in [-0.2, 0) is 0 Å². The van der Waals surface area contributed by atoms with Crippen molar-refractivity contribution in [1.29, 1.82) is 0 Å². The van der Waals surface area contributed by atoms with Gasteiger partial charge in [0.1, 0.15) is 0 Å². The lowest BCUT2D eigenvalue weighted by molar-refractivity contribution is 1.27. The van der Waals surface area contributed by atoms with Crippen molar-refractivity contribution >= 4 is 46.4 Å². The van der Waals surface area contributed by atoms with Gasteiger partial charge in [0, 0.05) is 22.1 Å². The molecule has 32 heavy (non-hydrogen) atoms. The Bertz CT molecular complexity index is 1380. The highest BCUT2D eigenvalue weighted by Crippen LogP contribution is 2.14. The van der Waals surface area contributed by atoms with E-state index in [0.717, 1.165) is 44.8 Å². The second-order valence-corrected chi connectivity index (χ2v) is 7.44. The van der Waals surface area contributed by atoms with Gasteiger partial charge in [-0.1, -0.05) is 36.4 Å². The van der Waals surface area contributed by atoms with Crippen LogP contribution in [-0.4, -0.2) is 19.9 Å². The summed E-state index contributed by atoms with van der Waals surface area (Å²) in [5, 5.41) is 0. The fraction of sp³-hybridized carbons (Fsp3) is 0. The van der Waals surface area contributed by atoms with Crippen LogP contribution in [0.1, 0.15) is 22.8 Å². The van der Waals surface area contributed by atoms with Crippen molar-refractivity contribution in [2.24, 2.45) is 0 Å². The van der Waals surface area contributed by atoms with Crippen molar-refractivity contribution in [2.75, 3.05) is 0 Å². The zero-order chi connectivity index (χ0) is 21.6. The molecule has 0 aromatic carbocycles. The predicted octanol–water partition coefficient (Wildman–Crippen LogP) is 6.90. The first-order valence-corrected chi connectivity index (χ1v) is 10.5. The van der Waals surface area contributed by atoms with Crippen molar-refractivity contribution in [2.45, 2.75) is 0 Å². The smallest absolute Gasteiger partial charge is 0.0659 e. The molecule has 4 nitrogen and oxygen atoms in total. The Balaban J connectivity index is 1.60. The number of aromatic nitrogens is 4. The highest BCUT2D eigenvalue weighted by atomic mass is 14.7. The normalized spacial score (nSPS) is 11.5. The lowest BCUT2D eigenvalue weighted by Crippen LogP contribution is -1.76. The van der Waals surface area contributed by atoms with Gasteiger partial charge in [0.05, 0.1) is 22.8 Å². The highest BCUT2D eigenvalue weighted by Gasteiger charge is 2.00. The molecule has 3 aromatic heterocycles. The molecule has 0 aliphatic carbocycles. The zero-order valence-corrected chi connectivity index (χ0v) is 17.4. The number of nitrogens with one attached hydrogen (secondary N) is 2. The lowest BCUT2D eigenvalue weighted by atomic mass is 10.3. The molecule has 2 N–H and O–H groups in total. The first-order valence-electron chi connectivity index (χ1n) is 10.5. The summed E-state index contributed by atoms with van der Waals surface area (Å²) in [5.74, 6) is 0. The number of H-pyrrole nitrogens is 2. The molecule has 154 valence electrons. The van der Waals surface area contributed by atoms with Gasteiger partial charge in [0.15, 0.2) is 0 Å². The van der Waals surface area contributed by atoms with E-state index in [-0.39, 0.29) is 0 Å². The largest absolute Gasteiger partial charge is 0.355 e. The Hall–Kier alpha value is -4.44. The van der Waals surface area contributed by atoms with E-state index in [9.17, 15) is 0 Å². The fourth-order valence-corrected chi connectivity index (χ4v) is 3.43. The third-order valence-corrected chi connectivity index (χ3v) is 4.97. The van der Waals surface area contributed by atoms with Crippen LogP contribution >= 0.6 is 0 Å². The van der Waals surface area contributed by atoms with E-state index in [1.165, 1.54) is 0 Å². The third-order valence-electron chi connectivity index (χ3n) is 4.97. The van der Waals surface area contributed by atoms with Crippen LogP contribution in [0.3, 0.4) is 0 Å². The van der Waals surface area contributed by atoms with Gasteiger partial charge in [-0.2, -0.15) is 0 Å². The summed E-state index contributed by atoms with van der Waals surface area (Å²) >= 11 is 0. The number of nitrogens with zero attached hydrogens (tertiary/aromatic N) is 2. The second kappa shape index (κ2) is 9.14. The van der Waals surface area contributed by atoms with E-state index in [0.29, 0.717) is 0 Å². The van der Waals surface area contributed by atoms with E-state index < -0.39 is 0 Å². The van der Waals surface area contributed by atoms with Crippen molar-refractivity contribution in [3.8, 4) is 0 Å². The summed E-state index contributed by atoms with van der Waals surface area (Å²) in [6.45, 7) is 0. The standard InChI is InChI=1S/C28H22N4/c1-3-7-21-11-15-25(29-21)19-27-17-13-23(31-27)9-5-2-6-10-24-14-18-28(32-24)20-26-16-12-22(30-26)8-4-1/h1-20,29,31H. The third kappa shape index (κ3) is 4.99. The van der Waals surface area contributed by atoms with Crippen LogP contribution < -0.4 is 0 Å². The van der Waals surface area contributed by atoms with Gasteiger partial charge in [-0.05, 0) is 85.0 Å². The zero-order valence-electron chi connectivity index (χ0n) is 17.4. The summed E-state index contributed by atoms with van der Waals surface area (Å²) in [7, 11) is 0. The Morgan fingerprint density at radius 2 is 0.812 bits per heavy atom. The highest BCUT2D eigenvalue weighted by molar-refractivity contribution is 5.74. The van der Waals surface area contributed by atoms with E-state index in [4.69, 9.17) is 0 Å². The van der Waals surface area contributed by atoms with E-state index in [1.54, 1.807) is 0 Å². The van der Waals surface area contributed by atoms with Gasteiger partial charge < -0.3 is 9.97 Å². The summed E-state index contributed by atoms with van der Waals surface area (Å²) in [6.07, 6.45) is 8.02. The summed E-state index contributed by atoms with van der Waals surface area (Å²) in [4.78, 5) is 16.0. The van der Waals surface area contributed by atoms with Gasteiger partial charge in [0.2, 0.25) is 0 Å². The molecule has 5 rings (SSSR count). The molecule has 0 saturated carbocycles. The Morgan fingerprint density at radius 3 is 1.34 bits per heavy atom. The maximum Gasteiger partial charge on any atom is 0.0659 e. The summed E-state index contributed by atoms with van der Waals surface area (Å²) in [6, 6.07) is 32.4. The number of aromatic amines is 2. The molecule has 2 aliphatic heterocycles. The van der Waals surface area contributed by atoms with Crippen molar-refractivity contribution in [3.63, 3.8) is 0 Å². The molecule has 8 bridgehead atoms. The summed E-state index contributed by atoms with van der Waals surface area (Å²) < 4.78 is 0. The number of hydrogen-bond acceptors (Lipinski definition) is 2. The molecule has 0 saturated heterocycles. The molecule has 0 unspecified atom stereocenters. The molecule has 0 fully saturated rings. The Kier molecular flexibility index (Phi) is 5.58. The molecule has 5 heterocycles. The fourth-order valence-electron chi connectivity index (χ4n) is 3.43. The van der Waals surface area contributed by atoms with Gasteiger partial charge >= 0.3 is 0 Å². The number of fused-ring (bicyclic) bond motifs is 8. The maximum absolute atomic E-state index is 4.62. The number of hydrogen-bond donors (Lipinski definition) is 2. The first kappa shape index (κ1) is 19.5. The van der Waals surface area contributed by atoms with Gasteiger partial charge in [-0.3, -0.25) is 0 Å².